The van der Waals surface area contributed by atoms with Crippen molar-refractivity contribution < 1.29 is 9.59 Å². The first-order valence-corrected chi connectivity index (χ1v) is 10.8. The summed E-state index contributed by atoms with van der Waals surface area (Å²) in [5, 5.41) is 10.0. The van der Waals surface area contributed by atoms with Crippen molar-refractivity contribution in [2.24, 2.45) is 0 Å². The molecule has 1 atom stereocenters. The highest BCUT2D eigenvalue weighted by atomic mass is 16.2. The van der Waals surface area contributed by atoms with Crippen LogP contribution in [0.25, 0.3) is 5.69 Å². The van der Waals surface area contributed by atoms with Gasteiger partial charge in [0.1, 0.15) is 12.7 Å². The molecule has 8 heteroatoms. The molecular formula is C22H32N6O2. The van der Waals surface area contributed by atoms with Gasteiger partial charge in [-0.3, -0.25) is 4.79 Å². The smallest absolute Gasteiger partial charge is 0.315 e. The van der Waals surface area contributed by atoms with E-state index in [0.29, 0.717) is 25.4 Å². The molecule has 1 aromatic carbocycles. The molecule has 0 spiro atoms. The van der Waals surface area contributed by atoms with Crippen molar-refractivity contribution in [3.63, 3.8) is 0 Å². The first kappa shape index (κ1) is 21.8. The van der Waals surface area contributed by atoms with Crippen LogP contribution in [-0.4, -0.2) is 51.2 Å². The average Bonchev–Trinajstić information content (AvgIpc) is 3.31. The van der Waals surface area contributed by atoms with Crippen LogP contribution in [0.2, 0.25) is 0 Å². The zero-order valence-electron chi connectivity index (χ0n) is 17.9. The van der Waals surface area contributed by atoms with Gasteiger partial charge in [-0.25, -0.2) is 14.5 Å². The van der Waals surface area contributed by atoms with Gasteiger partial charge in [-0.1, -0.05) is 31.4 Å². The molecule has 2 aromatic rings. The number of carbonyl (C=O) groups is 2. The van der Waals surface area contributed by atoms with E-state index in [1.54, 1.807) is 15.9 Å². The van der Waals surface area contributed by atoms with E-state index in [0.717, 1.165) is 24.1 Å². The minimum atomic E-state index is -0.122. The van der Waals surface area contributed by atoms with Gasteiger partial charge in [-0.05, 0) is 43.9 Å². The lowest BCUT2D eigenvalue weighted by molar-refractivity contribution is -0.131. The number of hydrogen-bond donors (Lipinski definition) is 2. The Bertz CT molecular complexity index is 800. The lowest BCUT2D eigenvalue weighted by Gasteiger charge is -2.26. The van der Waals surface area contributed by atoms with E-state index >= 15 is 0 Å². The van der Waals surface area contributed by atoms with Gasteiger partial charge in [0.15, 0.2) is 0 Å². The highest BCUT2D eigenvalue weighted by Gasteiger charge is 2.18. The molecule has 3 amide bonds. The van der Waals surface area contributed by atoms with Gasteiger partial charge in [0.25, 0.3) is 0 Å². The Labute approximate surface area is 178 Å². The predicted octanol–water partition coefficient (Wildman–Crippen LogP) is 3.20. The Kier molecular flexibility index (Phi) is 7.82. The number of nitrogens with one attached hydrogen (secondary N) is 2. The first-order valence-electron chi connectivity index (χ1n) is 10.8. The van der Waals surface area contributed by atoms with Crippen LogP contribution in [0.15, 0.2) is 36.9 Å². The maximum atomic E-state index is 12.5. The third kappa shape index (κ3) is 6.05. The fraction of sp³-hybridized carbons (Fsp3) is 0.545. The number of hydrogen-bond acceptors (Lipinski definition) is 4. The number of benzene rings is 1. The molecule has 8 nitrogen and oxygen atoms in total. The third-order valence-electron chi connectivity index (χ3n) is 5.83. The number of aromatic nitrogens is 3. The van der Waals surface area contributed by atoms with Crippen molar-refractivity contribution >= 4 is 11.9 Å². The molecule has 30 heavy (non-hydrogen) atoms. The zero-order chi connectivity index (χ0) is 21.3. The minimum absolute atomic E-state index is 0.0372. The molecule has 3 rings (SSSR count). The number of nitrogens with zero attached hydrogens (tertiary/aromatic N) is 4. The van der Waals surface area contributed by atoms with E-state index < -0.39 is 0 Å². The van der Waals surface area contributed by atoms with Crippen LogP contribution in [0.5, 0.6) is 0 Å². The van der Waals surface area contributed by atoms with Crippen molar-refractivity contribution in [2.75, 3.05) is 13.6 Å². The van der Waals surface area contributed by atoms with Gasteiger partial charge in [0.05, 0.1) is 11.7 Å². The topological polar surface area (TPSA) is 92.2 Å². The van der Waals surface area contributed by atoms with Crippen LogP contribution in [0.3, 0.4) is 0 Å². The third-order valence-corrected chi connectivity index (χ3v) is 5.83. The Morgan fingerprint density at radius 2 is 1.93 bits per heavy atom. The highest BCUT2D eigenvalue weighted by molar-refractivity contribution is 5.77. The maximum absolute atomic E-state index is 12.5. The number of rotatable bonds is 8. The SMILES string of the molecule is C[C@H](c1ccc(-n2cncn2)cc1)N(C)C(=O)CCCNC(=O)NC1CCCCC1. The van der Waals surface area contributed by atoms with Crippen LogP contribution in [0.4, 0.5) is 4.79 Å². The van der Waals surface area contributed by atoms with Crippen LogP contribution in [-0.2, 0) is 4.79 Å². The molecule has 0 aliphatic heterocycles. The molecule has 1 aliphatic rings. The van der Waals surface area contributed by atoms with Crippen molar-refractivity contribution in [3.8, 4) is 5.69 Å². The van der Waals surface area contributed by atoms with Crippen molar-refractivity contribution in [1.82, 2.24) is 30.3 Å². The molecule has 0 radical (unpaired) electrons. The molecule has 1 aliphatic carbocycles. The molecule has 1 aromatic heterocycles. The van der Waals surface area contributed by atoms with E-state index in [2.05, 4.69) is 20.7 Å². The fourth-order valence-corrected chi connectivity index (χ4v) is 3.79. The summed E-state index contributed by atoms with van der Waals surface area (Å²) in [6, 6.07) is 8.07. The van der Waals surface area contributed by atoms with Crippen molar-refractivity contribution in [3.05, 3.63) is 42.5 Å². The largest absolute Gasteiger partial charge is 0.339 e. The Morgan fingerprint density at radius 1 is 1.20 bits per heavy atom. The lowest BCUT2D eigenvalue weighted by Crippen LogP contribution is -2.43. The van der Waals surface area contributed by atoms with E-state index in [4.69, 9.17) is 0 Å². The lowest BCUT2D eigenvalue weighted by atomic mass is 9.96. The van der Waals surface area contributed by atoms with E-state index in [1.807, 2.05) is 38.2 Å². The molecule has 2 N–H and O–H groups in total. The van der Waals surface area contributed by atoms with Crippen molar-refractivity contribution in [2.45, 2.75) is 64.0 Å². The van der Waals surface area contributed by atoms with Crippen LogP contribution < -0.4 is 10.6 Å². The van der Waals surface area contributed by atoms with E-state index in [9.17, 15) is 9.59 Å². The quantitative estimate of drug-likeness (QED) is 0.651. The summed E-state index contributed by atoms with van der Waals surface area (Å²) in [4.78, 5) is 30.2. The Hall–Kier alpha value is -2.90. The standard InChI is InChI=1S/C22H32N6O2/c1-17(18-10-12-20(13-11-18)28-16-23-15-25-28)27(2)21(29)9-6-14-24-22(30)26-19-7-4-3-5-8-19/h10-13,15-17,19H,3-9,14H2,1-2H3,(H2,24,26,30)/t17-/m1/s1. The molecule has 1 fully saturated rings. The number of amides is 3. The summed E-state index contributed by atoms with van der Waals surface area (Å²) >= 11 is 0. The van der Waals surface area contributed by atoms with Crippen molar-refractivity contribution in [1.29, 1.82) is 0 Å². The van der Waals surface area contributed by atoms with Gasteiger partial charge < -0.3 is 15.5 Å². The molecule has 0 saturated heterocycles. The van der Waals surface area contributed by atoms with Crippen LogP contribution in [0, 0.1) is 0 Å². The predicted molar refractivity (Wildman–Crippen MR) is 115 cm³/mol. The second-order valence-electron chi connectivity index (χ2n) is 7.95. The van der Waals surface area contributed by atoms with E-state index in [-0.39, 0.29) is 18.0 Å². The maximum Gasteiger partial charge on any atom is 0.315 e. The molecule has 162 valence electrons. The summed E-state index contributed by atoms with van der Waals surface area (Å²) in [7, 11) is 1.82. The monoisotopic (exact) mass is 412 g/mol. The molecular weight excluding hydrogens is 380 g/mol. The molecule has 1 heterocycles. The first-order chi connectivity index (χ1) is 14.5. The molecule has 1 saturated carbocycles. The summed E-state index contributed by atoms with van der Waals surface area (Å²) in [5.41, 5.74) is 1.98. The second-order valence-corrected chi connectivity index (χ2v) is 7.95. The molecule has 0 bridgehead atoms. The highest BCUT2D eigenvalue weighted by Crippen LogP contribution is 2.21. The summed E-state index contributed by atoms with van der Waals surface area (Å²) in [6.45, 7) is 2.51. The van der Waals surface area contributed by atoms with Gasteiger partial charge in [0.2, 0.25) is 5.91 Å². The van der Waals surface area contributed by atoms with Crippen LogP contribution >= 0.6 is 0 Å². The fourth-order valence-electron chi connectivity index (χ4n) is 3.79. The number of carbonyl (C=O) groups excluding carboxylic acids is 2. The Balaban J connectivity index is 1.38. The summed E-state index contributed by atoms with van der Waals surface area (Å²) in [5.74, 6) is 0.0670. The average molecular weight is 413 g/mol. The van der Waals surface area contributed by atoms with Gasteiger partial charge in [-0.2, -0.15) is 5.10 Å². The minimum Gasteiger partial charge on any atom is -0.339 e. The zero-order valence-corrected chi connectivity index (χ0v) is 17.9. The normalized spacial score (nSPS) is 15.4. The Morgan fingerprint density at radius 3 is 2.60 bits per heavy atom. The van der Waals surface area contributed by atoms with Crippen LogP contribution in [0.1, 0.15) is 63.5 Å². The van der Waals surface area contributed by atoms with Gasteiger partial charge >= 0.3 is 6.03 Å². The van der Waals surface area contributed by atoms with Gasteiger partial charge in [-0.15, -0.1) is 0 Å². The number of urea groups is 1. The summed E-state index contributed by atoms with van der Waals surface area (Å²) in [6.07, 6.45) is 9.94. The summed E-state index contributed by atoms with van der Waals surface area (Å²) < 4.78 is 1.70. The second kappa shape index (κ2) is 10.8. The van der Waals surface area contributed by atoms with E-state index in [1.165, 1.54) is 25.6 Å². The molecule has 0 unspecified atom stereocenters. The van der Waals surface area contributed by atoms with Gasteiger partial charge in [0, 0.05) is 26.1 Å².